The highest BCUT2D eigenvalue weighted by molar-refractivity contribution is 7.11. The van der Waals surface area contributed by atoms with Crippen molar-refractivity contribution in [3.05, 3.63) is 16.1 Å². The fourth-order valence-electron chi connectivity index (χ4n) is 2.26. The average molecular weight is 295 g/mol. The number of likely N-dealkylation sites (tertiary alicyclic amines) is 1. The summed E-state index contributed by atoms with van der Waals surface area (Å²) in [7, 11) is 0. The third-order valence-corrected chi connectivity index (χ3v) is 4.21. The minimum absolute atomic E-state index is 0.0899. The van der Waals surface area contributed by atoms with Crippen molar-refractivity contribution in [2.75, 3.05) is 13.1 Å². The first kappa shape index (κ1) is 15.0. The van der Waals surface area contributed by atoms with E-state index in [1.165, 1.54) is 11.3 Å². The molecule has 1 saturated heterocycles. The Morgan fingerprint density at radius 2 is 2.35 bits per heavy atom. The molecule has 2 heterocycles. The lowest BCUT2D eigenvalue weighted by atomic mass is 10.2. The number of hydrogen-bond acceptors (Lipinski definition) is 4. The van der Waals surface area contributed by atoms with Crippen molar-refractivity contribution in [1.82, 2.24) is 15.2 Å². The van der Waals surface area contributed by atoms with E-state index in [1.807, 2.05) is 17.2 Å². The van der Waals surface area contributed by atoms with Crippen LogP contribution in [0, 0.1) is 0 Å². The van der Waals surface area contributed by atoms with Crippen molar-refractivity contribution >= 4 is 23.2 Å². The van der Waals surface area contributed by atoms with Crippen molar-refractivity contribution in [1.29, 1.82) is 0 Å². The zero-order valence-corrected chi connectivity index (χ0v) is 13.0. The Morgan fingerprint density at radius 1 is 1.60 bits per heavy atom. The van der Waals surface area contributed by atoms with Crippen LogP contribution in [0.15, 0.2) is 5.38 Å². The van der Waals surface area contributed by atoms with E-state index in [1.54, 1.807) is 0 Å². The van der Waals surface area contributed by atoms with Gasteiger partial charge in [-0.05, 0) is 12.3 Å². The lowest BCUT2D eigenvalue weighted by molar-refractivity contribution is -0.127. The van der Waals surface area contributed by atoms with E-state index in [4.69, 9.17) is 0 Å². The fourth-order valence-corrected chi connectivity index (χ4v) is 3.14. The predicted molar refractivity (Wildman–Crippen MR) is 78.9 cm³/mol. The van der Waals surface area contributed by atoms with Gasteiger partial charge in [-0.2, -0.15) is 0 Å². The van der Waals surface area contributed by atoms with Crippen LogP contribution in [-0.2, 0) is 4.79 Å². The number of hydrogen-bond donors (Lipinski definition) is 1. The SMILES string of the molecule is CCCN1C[C@@H](NC(=O)c2nc(C(C)C)cs2)CC1=O. The number of thiazole rings is 1. The molecule has 1 fully saturated rings. The van der Waals surface area contributed by atoms with Gasteiger partial charge in [0, 0.05) is 24.9 Å². The number of nitrogens with one attached hydrogen (secondary N) is 1. The molecule has 20 heavy (non-hydrogen) atoms. The monoisotopic (exact) mass is 295 g/mol. The largest absolute Gasteiger partial charge is 0.345 e. The van der Waals surface area contributed by atoms with Crippen LogP contribution in [0.25, 0.3) is 0 Å². The lowest BCUT2D eigenvalue weighted by Crippen LogP contribution is -2.37. The minimum Gasteiger partial charge on any atom is -0.345 e. The minimum atomic E-state index is -0.168. The quantitative estimate of drug-likeness (QED) is 0.904. The van der Waals surface area contributed by atoms with Crippen LogP contribution in [0.4, 0.5) is 0 Å². The molecule has 0 radical (unpaired) electrons. The summed E-state index contributed by atoms with van der Waals surface area (Å²) in [5, 5.41) is 5.31. The van der Waals surface area contributed by atoms with Crippen molar-refractivity contribution in [3.8, 4) is 0 Å². The van der Waals surface area contributed by atoms with E-state index >= 15 is 0 Å². The van der Waals surface area contributed by atoms with E-state index < -0.39 is 0 Å². The van der Waals surface area contributed by atoms with Crippen LogP contribution in [0.2, 0.25) is 0 Å². The molecule has 0 aromatic carbocycles. The molecule has 1 aliphatic heterocycles. The first-order valence-electron chi connectivity index (χ1n) is 7.05. The Bertz CT molecular complexity index is 498. The van der Waals surface area contributed by atoms with E-state index in [0.717, 1.165) is 18.7 Å². The van der Waals surface area contributed by atoms with Gasteiger partial charge in [-0.3, -0.25) is 9.59 Å². The van der Waals surface area contributed by atoms with Gasteiger partial charge in [0.15, 0.2) is 5.01 Å². The van der Waals surface area contributed by atoms with Gasteiger partial charge in [-0.1, -0.05) is 20.8 Å². The number of rotatable bonds is 5. The van der Waals surface area contributed by atoms with Crippen molar-refractivity contribution in [3.63, 3.8) is 0 Å². The maximum atomic E-state index is 12.1. The molecule has 2 rings (SSSR count). The van der Waals surface area contributed by atoms with Crippen molar-refractivity contribution in [2.24, 2.45) is 0 Å². The summed E-state index contributed by atoms with van der Waals surface area (Å²) in [6, 6.07) is -0.0899. The highest BCUT2D eigenvalue weighted by Crippen LogP contribution is 2.18. The maximum absolute atomic E-state index is 12.1. The maximum Gasteiger partial charge on any atom is 0.280 e. The molecule has 1 aliphatic rings. The second-order valence-corrected chi connectivity index (χ2v) is 6.30. The molecular weight excluding hydrogens is 274 g/mol. The highest BCUT2D eigenvalue weighted by atomic mass is 32.1. The summed E-state index contributed by atoms with van der Waals surface area (Å²) >= 11 is 1.36. The Hall–Kier alpha value is -1.43. The molecule has 0 aliphatic carbocycles. The summed E-state index contributed by atoms with van der Waals surface area (Å²) < 4.78 is 0. The number of amides is 2. The fraction of sp³-hybridized carbons (Fsp3) is 0.643. The molecule has 1 atom stereocenters. The van der Waals surface area contributed by atoms with Crippen LogP contribution < -0.4 is 5.32 Å². The van der Waals surface area contributed by atoms with Crippen LogP contribution in [0.3, 0.4) is 0 Å². The summed E-state index contributed by atoms with van der Waals surface area (Å²) in [5.74, 6) is 0.276. The lowest BCUT2D eigenvalue weighted by Gasteiger charge is -2.15. The second kappa shape index (κ2) is 6.35. The molecule has 2 amide bonds. The standard InChI is InChI=1S/C14H21N3O2S/c1-4-5-17-7-10(6-12(17)18)15-13(19)14-16-11(8-20-14)9(2)3/h8-10H,4-7H2,1-3H3,(H,15,19)/t10-/m0/s1. The molecule has 5 nitrogen and oxygen atoms in total. The Balaban J connectivity index is 1.93. The van der Waals surface area contributed by atoms with Gasteiger partial charge >= 0.3 is 0 Å². The van der Waals surface area contributed by atoms with Crippen LogP contribution in [0.1, 0.15) is 55.0 Å². The molecule has 1 aromatic rings. The van der Waals surface area contributed by atoms with E-state index in [0.29, 0.717) is 23.9 Å². The highest BCUT2D eigenvalue weighted by Gasteiger charge is 2.30. The second-order valence-electron chi connectivity index (χ2n) is 5.45. The van der Waals surface area contributed by atoms with Gasteiger partial charge in [0.2, 0.25) is 5.91 Å². The van der Waals surface area contributed by atoms with Crippen LogP contribution >= 0.6 is 11.3 Å². The summed E-state index contributed by atoms with van der Waals surface area (Å²) in [4.78, 5) is 30.0. The Labute approximate surface area is 123 Å². The Morgan fingerprint density at radius 3 is 2.95 bits per heavy atom. The topological polar surface area (TPSA) is 62.3 Å². The van der Waals surface area contributed by atoms with Gasteiger partial charge in [-0.15, -0.1) is 11.3 Å². The summed E-state index contributed by atoms with van der Waals surface area (Å²) in [6.07, 6.45) is 1.34. The molecule has 0 spiro atoms. The van der Waals surface area contributed by atoms with Gasteiger partial charge in [-0.25, -0.2) is 4.98 Å². The third-order valence-electron chi connectivity index (χ3n) is 3.35. The van der Waals surface area contributed by atoms with E-state index in [9.17, 15) is 9.59 Å². The molecule has 1 aromatic heterocycles. The molecule has 0 bridgehead atoms. The number of carbonyl (C=O) groups is 2. The van der Waals surface area contributed by atoms with Crippen LogP contribution in [-0.4, -0.2) is 40.8 Å². The van der Waals surface area contributed by atoms with Crippen molar-refractivity contribution < 1.29 is 9.59 Å². The van der Waals surface area contributed by atoms with E-state index in [2.05, 4.69) is 24.1 Å². The van der Waals surface area contributed by atoms with Gasteiger partial charge < -0.3 is 10.2 Å². The molecule has 110 valence electrons. The van der Waals surface area contributed by atoms with Gasteiger partial charge in [0.25, 0.3) is 5.91 Å². The normalized spacial score (nSPS) is 18.9. The summed E-state index contributed by atoms with van der Waals surface area (Å²) in [5.41, 5.74) is 0.940. The molecule has 1 N–H and O–H groups in total. The smallest absolute Gasteiger partial charge is 0.280 e. The molecule has 0 saturated carbocycles. The van der Waals surface area contributed by atoms with Crippen LogP contribution in [0.5, 0.6) is 0 Å². The first-order chi connectivity index (χ1) is 9.51. The summed E-state index contributed by atoms with van der Waals surface area (Å²) in [6.45, 7) is 7.52. The zero-order chi connectivity index (χ0) is 14.7. The number of nitrogens with zero attached hydrogens (tertiary/aromatic N) is 2. The average Bonchev–Trinajstić information content (AvgIpc) is 2.98. The first-order valence-corrected chi connectivity index (χ1v) is 7.93. The van der Waals surface area contributed by atoms with Gasteiger partial charge in [0.05, 0.1) is 11.7 Å². The number of carbonyl (C=O) groups excluding carboxylic acids is 2. The Kier molecular flexibility index (Phi) is 4.75. The number of aromatic nitrogens is 1. The molecule has 6 heteroatoms. The zero-order valence-electron chi connectivity index (χ0n) is 12.2. The molecule has 0 unspecified atom stereocenters. The third kappa shape index (κ3) is 3.36. The molecular formula is C14H21N3O2S. The van der Waals surface area contributed by atoms with Gasteiger partial charge in [0.1, 0.15) is 0 Å². The predicted octanol–water partition coefficient (Wildman–Crippen LogP) is 2.01. The van der Waals surface area contributed by atoms with Crippen molar-refractivity contribution in [2.45, 2.75) is 45.6 Å². The van der Waals surface area contributed by atoms with E-state index in [-0.39, 0.29) is 17.9 Å².